The lowest BCUT2D eigenvalue weighted by molar-refractivity contribution is -0.115. The fourth-order valence-corrected chi connectivity index (χ4v) is 2.39. The molecule has 0 radical (unpaired) electrons. The lowest BCUT2D eigenvalue weighted by atomic mass is 10.2. The van der Waals surface area contributed by atoms with Crippen LogP contribution in [0.1, 0.15) is 26.5 Å². The highest BCUT2D eigenvalue weighted by atomic mass is 19.1. The Hall–Kier alpha value is -3.11. The molecule has 1 aromatic heterocycles. The zero-order chi connectivity index (χ0) is 22.3. The summed E-state index contributed by atoms with van der Waals surface area (Å²) >= 11 is 0. The van der Waals surface area contributed by atoms with Crippen molar-refractivity contribution in [1.29, 1.82) is 0 Å². The number of rotatable bonds is 9. The van der Waals surface area contributed by atoms with E-state index in [1.165, 1.54) is 31.5 Å². The maximum atomic E-state index is 13.7. The molecule has 0 fully saturated rings. The maximum Gasteiger partial charge on any atom is 0.265 e. The molecule has 1 amide bonds. The Balaban J connectivity index is 2.33. The van der Waals surface area contributed by atoms with E-state index in [9.17, 15) is 14.3 Å². The SMILES string of the molecule is C/C(=N\c1c(C)ncnc1Nc1ccc(F)cc1OC(C)C)C(=O)NCC(O)CO. The molecule has 2 aromatic rings. The standard InChI is InChI=1S/C20H26FN5O4/c1-11(2)30-17-7-14(21)5-6-16(17)26-19-18(12(3)23-10-24-19)25-13(4)20(29)22-8-15(28)9-27/h5-7,10-11,15,27-28H,8-9H2,1-4H3,(H,22,29)(H,23,24,26)/b25-13+. The molecule has 1 aromatic carbocycles. The van der Waals surface area contributed by atoms with Crippen molar-refractivity contribution in [3.05, 3.63) is 36.0 Å². The van der Waals surface area contributed by atoms with Gasteiger partial charge in [-0.2, -0.15) is 0 Å². The first-order valence-electron chi connectivity index (χ1n) is 9.38. The summed E-state index contributed by atoms with van der Waals surface area (Å²) in [6.45, 7) is 6.30. The van der Waals surface area contributed by atoms with Gasteiger partial charge in [0.15, 0.2) is 5.82 Å². The molecule has 2 rings (SSSR count). The number of carbonyl (C=O) groups is 1. The Labute approximate surface area is 174 Å². The van der Waals surface area contributed by atoms with E-state index in [1.54, 1.807) is 6.92 Å². The zero-order valence-electron chi connectivity index (χ0n) is 17.3. The fourth-order valence-electron chi connectivity index (χ4n) is 2.39. The smallest absolute Gasteiger partial charge is 0.265 e. The second-order valence-electron chi connectivity index (χ2n) is 6.83. The van der Waals surface area contributed by atoms with E-state index in [4.69, 9.17) is 9.84 Å². The summed E-state index contributed by atoms with van der Waals surface area (Å²) in [6, 6.07) is 4.08. The Kier molecular flexibility index (Phi) is 8.19. The van der Waals surface area contributed by atoms with E-state index in [1.807, 2.05) is 13.8 Å². The van der Waals surface area contributed by atoms with Crippen LogP contribution in [0.4, 0.5) is 21.6 Å². The summed E-state index contributed by atoms with van der Waals surface area (Å²) in [5.41, 5.74) is 1.43. The average Bonchev–Trinajstić information content (AvgIpc) is 2.69. The van der Waals surface area contributed by atoms with Gasteiger partial charge >= 0.3 is 0 Å². The first kappa shape index (κ1) is 23.2. The number of anilines is 2. The van der Waals surface area contributed by atoms with Gasteiger partial charge in [0.2, 0.25) is 0 Å². The van der Waals surface area contributed by atoms with Gasteiger partial charge in [-0.1, -0.05) is 0 Å². The normalized spacial score (nSPS) is 12.6. The molecule has 0 spiro atoms. The predicted molar refractivity (Wildman–Crippen MR) is 111 cm³/mol. The second kappa shape index (κ2) is 10.6. The van der Waals surface area contributed by atoms with Crippen LogP contribution in [0.3, 0.4) is 0 Å². The van der Waals surface area contributed by atoms with Gasteiger partial charge in [0.1, 0.15) is 29.3 Å². The molecule has 4 N–H and O–H groups in total. The first-order chi connectivity index (χ1) is 14.2. The van der Waals surface area contributed by atoms with Crippen molar-refractivity contribution in [1.82, 2.24) is 15.3 Å². The number of halogens is 1. The van der Waals surface area contributed by atoms with Crippen LogP contribution in [-0.2, 0) is 4.79 Å². The highest BCUT2D eigenvalue weighted by Gasteiger charge is 2.15. The molecule has 1 unspecified atom stereocenters. The summed E-state index contributed by atoms with van der Waals surface area (Å²) < 4.78 is 19.3. The summed E-state index contributed by atoms with van der Waals surface area (Å²) in [5.74, 6) is -0.331. The number of hydrogen-bond acceptors (Lipinski definition) is 8. The van der Waals surface area contributed by atoms with E-state index >= 15 is 0 Å². The monoisotopic (exact) mass is 419 g/mol. The molecule has 10 heteroatoms. The van der Waals surface area contributed by atoms with Crippen LogP contribution in [-0.4, -0.2) is 57.2 Å². The Morgan fingerprint density at radius 3 is 2.73 bits per heavy atom. The lowest BCUT2D eigenvalue weighted by Crippen LogP contribution is -2.37. The fraction of sp³-hybridized carbons (Fsp3) is 0.400. The number of amides is 1. The highest BCUT2D eigenvalue weighted by Crippen LogP contribution is 2.33. The van der Waals surface area contributed by atoms with Crippen molar-refractivity contribution in [3.63, 3.8) is 0 Å². The van der Waals surface area contributed by atoms with Crippen molar-refractivity contribution in [2.75, 3.05) is 18.5 Å². The first-order valence-corrected chi connectivity index (χ1v) is 9.38. The highest BCUT2D eigenvalue weighted by molar-refractivity contribution is 6.38. The van der Waals surface area contributed by atoms with Crippen LogP contribution in [0, 0.1) is 12.7 Å². The average molecular weight is 419 g/mol. The van der Waals surface area contributed by atoms with Crippen LogP contribution in [0.5, 0.6) is 5.75 Å². The van der Waals surface area contributed by atoms with Gasteiger partial charge in [-0.15, -0.1) is 0 Å². The summed E-state index contributed by atoms with van der Waals surface area (Å²) in [7, 11) is 0. The number of nitrogens with zero attached hydrogens (tertiary/aromatic N) is 3. The van der Waals surface area contributed by atoms with Crippen LogP contribution in [0.15, 0.2) is 29.5 Å². The van der Waals surface area contributed by atoms with E-state index < -0.39 is 24.4 Å². The predicted octanol–water partition coefficient (Wildman–Crippen LogP) is 2.02. The third kappa shape index (κ3) is 6.46. The third-order valence-corrected chi connectivity index (χ3v) is 3.88. The number of benzene rings is 1. The number of hydrogen-bond donors (Lipinski definition) is 4. The molecule has 0 aliphatic carbocycles. The molecule has 0 saturated carbocycles. The van der Waals surface area contributed by atoms with E-state index in [0.717, 1.165) is 0 Å². The molecular formula is C20H26FN5O4. The quantitative estimate of drug-likeness (QED) is 0.458. The largest absolute Gasteiger partial charge is 0.489 e. The summed E-state index contributed by atoms with van der Waals surface area (Å²) in [6.07, 6.45) is 0.117. The van der Waals surface area contributed by atoms with Crippen LogP contribution in [0.2, 0.25) is 0 Å². The number of aromatic nitrogens is 2. The second-order valence-corrected chi connectivity index (χ2v) is 6.83. The lowest BCUT2D eigenvalue weighted by Gasteiger charge is -2.16. The van der Waals surface area contributed by atoms with Gasteiger partial charge in [-0.05, 0) is 39.8 Å². The Bertz CT molecular complexity index is 920. The molecule has 1 atom stereocenters. The Morgan fingerprint density at radius 1 is 1.33 bits per heavy atom. The van der Waals surface area contributed by atoms with Crippen molar-refractivity contribution in [3.8, 4) is 5.75 Å². The maximum absolute atomic E-state index is 13.7. The van der Waals surface area contributed by atoms with Gasteiger partial charge < -0.3 is 25.6 Å². The molecule has 0 aliphatic heterocycles. The number of aliphatic hydroxyl groups is 2. The number of nitrogens with one attached hydrogen (secondary N) is 2. The van der Waals surface area contributed by atoms with E-state index in [2.05, 4.69) is 25.6 Å². The van der Waals surface area contributed by atoms with Gasteiger partial charge in [-0.25, -0.2) is 19.4 Å². The molecular weight excluding hydrogens is 393 g/mol. The summed E-state index contributed by atoms with van der Waals surface area (Å²) in [4.78, 5) is 24.8. The number of carbonyl (C=O) groups excluding carboxylic acids is 1. The van der Waals surface area contributed by atoms with Crippen molar-refractivity contribution >= 4 is 28.8 Å². The molecule has 30 heavy (non-hydrogen) atoms. The molecule has 9 nitrogen and oxygen atoms in total. The van der Waals surface area contributed by atoms with Gasteiger partial charge in [-0.3, -0.25) is 4.79 Å². The minimum atomic E-state index is -1.06. The van der Waals surface area contributed by atoms with Crippen LogP contribution >= 0.6 is 0 Å². The molecule has 0 aliphatic rings. The molecule has 1 heterocycles. The molecule has 162 valence electrons. The van der Waals surface area contributed by atoms with E-state index in [-0.39, 0.29) is 18.4 Å². The minimum Gasteiger partial charge on any atom is -0.489 e. The van der Waals surface area contributed by atoms with Gasteiger partial charge in [0.25, 0.3) is 5.91 Å². The number of ether oxygens (including phenoxy) is 1. The van der Waals surface area contributed by atoms with Crippen molar-refractivity contribution in [2.24, 2.45) is 4.99 Å². The molecule has 0 bridgehead atoms. The van der Waals surface area contributed by atoms with E-state index in [0.29, 0.717) is 28.6 Å². The van der Waals surface area contributed by atoms with Crippen LogP contribution in [0.25, 0.3) is 0 Å². The zero-order valence-corrected chi connectivity index (χ0v) is 17.3. The van der Waals surface area contributed by atoms with Gasteiger partial charge in [0.05, 0.1) is 30.2 Å². The van der Waals surface area contributed by atoms with Gasteiger partial charge in [0, 0.05) is 12.6 Å². The van der Waals surface area contributed by atoms with Crippen molar-refractivity contribution < 1.29 is 24.1 Å². The minimum absolute atomic E-state index is 0.108. The summed E-state index contributed by atoms with van der Waals surface area (Å²) in [5, 5.41) is 23.7. The Morgan fingerprint density at radius 2 is 2.07 bits per heavy atom. The number of aliphatic hydroxyl groups excluding tert-OH is 2. The van der Waals surface area contributed by atoms with Crippen molar-refractivity contribution in [2.45, 2.75) is 39.9 Å². The molecule has 0 saturated heterocycles. The third-order valence-electron chi connectivity index (χ3n) is 3.88. The number of aryl methyl sites for hydroxylation is 1. The number of aliphatic imine (C=N–C) groups is 1. The van der Waals surface area contributed by atoms with Crippen LogP contribution < -0.4 is 15.4 Å². The topological polar surface area (TPSA) is 129 Å².